The second-order valence-electron chi connectivity index (χ2n) is 5.17. The van der Waals surface area contributed by atoms with Crippen molar-refractivity contribution in [3.63, 3.8) is 0 Å². The summed E-state index contributed by atoms with van der Waals surface area (Å²) in [6.45, 7) is 0. The van der Waals surface area contributed by atoms with Crippen molar-refractivity contribution in [1.82, 2.24) is 19.9 Å². The van der Waals surface area contributed by atoms with E-state index in [0.717, 1.165) is 14.0 Å². The molecule has 0 unspecified atom stereocenters. The maximum absolute atomic E-state index is 12.7. The molecule has 0 spiro atoms. The number of nitrogens with two attached hydrogens (primary N) is 1. The fourth-order valence-electron chi connectivity index (χ4n) is 2.10. The molecule has 1 aromatic carbocycles. The zero-order chi connectivity index (χ0) is 19.2. The van der Waals surface area contributed by atoms with Gasteiger partial charge in [0.2, 0.25) is 0 Å². The summed E-state index contributed by atoms with van der Waals surface area (Å²) in [7, 11) is 0. The molecule has 0 saturated heterocycles. The molecule has 3 N–H and O–H groups in total. The number of hydrogen-bond donors (Lipinski definition) is 2. The Hall–Kier alpha value is -2.72. The molecule has 138 valence electrons. The zero-order valence-corrected chi connectivity index (χ0v) is 16.1. The summed E-state index contributed by atoms with van der Waals surface area (Å²) in [5.41, 5.74) is 6.57. The standard InChI is InChI=1S/C13H8BrF2N3S.C4H5N3/c14-10-5-9-11(20-10)13(18-6-17-9)19-8-3-1-2-7(4-8)12(15)16;5-4-1-2-6-3-7-4/h1-6,12H,(H,17,18,19);1-3H,(H2,5,6,7). The van der Waals surface area contributed by atoms with Crippen molar-refractivity contribution in [2.45, 2.75) is 6.43 Å². The lowest BCUT2D eigenvalue weighted by Crippen LogP contribution is -1.95. The van der Waals surface area contributed by atoms with Gasteiger partial charge in [-0.15, -0.1) is 11.3 Å². The van der Waals surface area contributed by atoms with E-state index in [1.165, 1.54) is 36.1 Å². The third kappa shape index (κ3) is 5.14. The minimum absolute atomic E-state index is 0.0207. The number of benzene rings is 1. The van der Waals surface area contributed by atoms with Gasteiger partial charge in [-0.25, -0.2) is 28.7 Å². The second kappa shape index (κ2) is 8.78. The lowest BCUT2D eigenvalue weighted by molar-refractivity contribution is 0.151. The molecule has 0 saturated carbocycles. The SMILES string of the molecule is FC(F)c1cccc(Nc2ncnc3cc(Br)sc23)c1.Nc1ccncn1. The molecular weight excluding hydrogens is 438 g/mol. The number of nitrogens with one attached hydrogen (secondary N) is 1. The normalized spacial score (nSPS) is 10.5. The molecule has 27 heavy (non-hydrogen) atoms. The van der Waals surface area contributed by atoms with Crippen LogP contribution >= 0.6 is 27.3 Å². The van der Waals surface area contributed by atoms with Crippen LogP contribution in [0.25, 0.3) is 10.2 Å². The van der Waals surface area contributed by atoms with E-state index in [1.54, 1.807) is 24.4 Å². The van der Waals surface area contributed by atoms with Crippen LogP contribution in [-0.2, 0) is 0 Å². The van der Waals surface area contributed by atoms with Gasteiger partial charge in [-0.2, -0.15) is 0 Å². The van der Waals surface area contributed by atoms with Crippen LogP contribution in [0.3, 0.4) is 0 Å². The first-order chi connectivity index (χ1) is 13.0. The largest absolute Gasteiger partial charge is 0.384 e. The first-order valence-corrected chi connectivity index (χ1v) is 9.20. The molecule has 0 amide bonds. The first kappa shape index (κ1) is 19.1. The van der Waals surface area contributed by atoms with Crippen molar-refractivity contribution in [2.24, 2.45) is 0 Å². The number of thiophene rings is 1. The predicted octanol–water partition coefficient (Wildman–Crippen LogP) is 5.19. The van der Waals surface area contributed by atoms with Gasteiger partial charge in [-0.05, 0) is 40.2 Å². The van der Waals surface area contributed by atoms with Crippen LogP contribution < -0.4 is 11.1 Å². The maximum atomic E-state index is 12.7. The van der Waals surface area contributed by atoms with Gasteiger partial charge >= 0.3 is 0 Å². The Morgan fingerprint density at radius 2 is 1.93 bits per heavy atom. The Labute approximate surface area is 165 Å². The average molecular weight is 451 g/mol. The van der Waals surface area contributed by atoms with Crippen LogP contribution in [0.1, 0.15) is 12.0 Å². The average Bonchev–Trinajstić information content (AvgIpc) is 3.04. The van der Waals surface area contributed by atoms with E-state index in [1.807, 2.05) is 6.07 Å². The lowest BCUT2D eigenvalue weighted by atomic mass is 10.2. The summed E-state index contributed by atoms with van der Waals surface area (Å²) in [6, 6.07) is 9.66. The maximum Gasteiger partial charge on any atom is 0.263 e. The molecule has 4 aromatic rings. The Kier molecular flexibility index (Phi) is 6.20. The van der Waals surface area contributed by atoms with E-state index in [9.17, 15) is 8.78 Å². The van der Waals surface area contributed by atoms with Gasteiger partial charge < -0.3 is 11.1 Å². The molecule has 3 aromatic heterocycles. The highest BCUT2D eigenvalue weighted by Gasteiger charge is 2.10. The van der Waals surface area contributed by atoms with Gasteiger partial charge in [0.15, 0.2) is 5.82 Å². The quantitative estimate of drug-likeness (QED) is 0.446. The van der Waals surface area contributed by atoms with Gasteiger partial charge in [0.1, 0.15) is 18.5 Å². The van der Waals surface area contributed by atoms with Crippen LogP contribution in [0.15, 0.2) is 59.0 Å². The van der Waals surface area contributed by atoms with Gasteiger partial charge in [-0.3, -0.25) is 0 Å². The molecule has 0 radical (unpaired) electrons. The molecule has 0 atom stereocenters. The molecule has 0 aliphatic carbocycles. The number of halogens is 3. The minimum atomic E-state index is -2.49. The van der Waals surface area contributed by atoms with E-state index in [0.29, 0.717) is 17.3 Å². The second-order valence-corrected chi connectivity index (χ2v) is 7.60. The summed E-state index contributed by atoms with van der Waals surface area (Å²) in [4.78, 5) is 15.6. The third-order valence-corrected chi connectivity index (χ3v) is 4.92. The van der Waals surface area contributed by atoms with Crippen LogP contribution in [0, 0.1) is 0 Å². The van der Waals surface area contributed by atoms with Crippen molar-refractivity contribution >= 4 is 54.8 Å². The van der Waals surface area contributed by atoms with Crippen LogP contribution in [0.5, 0.6) is 0 Å². The van der Waals surface area contributed by atoms with E-state index in [-0.39, 0.29) is 5.56 Å². The van der Waals surface area contributed by atoms with Crippen molar-refractivity contribution in [3.8, 4) is 0 Å². The zero-order valence-electron chi connectivity index (χ0n) is 13.7. The van der Waals surface area contributed by atoms with E-state index in [4.69, 9.17) is 5.73 Å². The number of anilines is 3. The number of hydrogen-bond acceptors (Lipinski definition) is 7. The Morgan fingerprint density at radius 1 is 1.07 bits per heavy atom. The minimum Gasteiger partial charge on any atom is -0.384 e. The fourth-order valence-corrected chi connectivity index (χ4v) is 3.59. The first-order valence-electron chi connectivity index (χ1n) is 7.59. The third-order valence-electron chi connectivity index (χ3n) is 3.29. The topological polar surface area (TPSA) is 89.6 Å². The van der Waals surface area contributed by atoms with Crippen LogP contribution in [0.2, 0.25) is 0 Å². The summed E-state index contributed by atoms with van der Waals surface area (Å²) in [6.07, 6.45) is 1.97. The molecule has 10 heteroatoms. The molecule has 0 aliphatic heterocycles. The smallest absolute Gasteiger partial charge is 0.263 e. The molecule has 0 aliphatic rings. The number of rotatable bonds is 3. The summed E-state index contributed by atoms with van der Waals surface area (Å²) >= 11 is 4.89. The van der Waals surface area contributed by atoms with E-state index < -0.39 is 6.43 Å². The fraction of sp³-hybridized carbons (Fsp3) is 0.0588. The van der Waals surface area contributed by atoms with Crippen LogP contribution in [0.4, 0.5) is 26.1 Å². The Morgan fingerprint density at radius 3 is 2.59 bits per heavy atom. The van der Waals surface area contributed by atoms with Gasteiger partial charge in [-0.1, -0.05) is 12.1 Å². The summed E-state index contributed by atoms with van der Waals surface area (Å²) in [5.74, 6) is 1.12. The highest BCUT2D eigenvalue weighted by Crippen LogP contribution is 2.34. The van der Waals surface area contributed by atoms with E-state index in [2.05, 4.69) is 41.2 Å². The van der Waals surface area contributed by atoms with Gasteiger partial charge in [0.05, 0.1) is 14.0 Å². The van der Waals surface area contributed by atoms with Gasteiger partial charge in [0.25, 0.3) is 6.43 Å². The molecule has 3 heterocycles. The monoisotopic (exact) mass is 450 g/mol. The highest BCUT2D eigenvalue weighted by molar-refractivity contribution is 9.11. The Bertz CT molecular complexity index is 1030. The Balaban J connectivity index is 0.000000253. The lowest BCUT2D eigenvalue weighted by Gasteiger charge is -2.07. The van der Waals surface area contributed by atoms with Crippen molar-refractivity contribution in [3.05, 3.63) is 64.6 Å². The summed E-state index contributed by atoms with van der Waals surface area (Å²) < 4.78 is 27.2. The van der Waals surface area contributed by atoms with Crippen molar-refractivity contribution in [2.75, 3.05) is 11.1 Å². The van der Waals surface area contributed by atoms with Crippen molar-refractivity contribution < 1.29 is 8.78 Å². The number of nitrogen functional groups attached to an aromatic ring is 1. The molecule has 0 fully saturated rings. The molecule has 0 bridgehead atoms. The summed E-state index contributed by atoms with van der Waals surface area (Å²) in [5, 5.41) is 3.06. The van der Waals surface area contributed by atoms with Gasteiger partial charge in [0, 0.05) is 17.4 Å². The number of fused-ring (bicyclic) bond motifs is 1. The number of nitrogens with zero attached hydrogens (tertiary/aromatic N) is 4. The predicted molar refractivity (Wildman–Crippen MR) is 106 cm³/mol. The number of aromatic nitrogens is 4. The highest BCUT2D eigenvalue weighted by atomic mass is 79.9. The molecule has 4 rings (SSSR count). The molecular formula is C17H13BrF2N6S. The van der Waals surface area contributed by atoms with E-state index >= 15 is 0 Å². The molecule has 6 nitrogen and oxygen atoms in total. The van der Waals surface area contributed by atoms with Crippen LogP contribution in [-0.4, -0.2) is 19.9 Å². The number of alkyl halides is 2. The van der Waals surface area contributed by atoms with Crippen molar-refractivity contribution in [1.29, 1.82) is 0 Å².